The third kappa shape index (κ3) is 2.56. The number of rotatable bonds is 3. The number of hydrogen-bond acceptors (Lipinski definition) is 4. The van der Waals surface area contributed by atoms with E-state index in [0.717, 1.165) is 43.1 Å². The maximum absolute atomic E-state index is 9.55. The van der Waals surface area contributed by atoms with Crippen LogP contribution in [0.3, 0.4) is 0 Å². The van der Waals surface area contributed by atoms with Gasteiger partial charge >= 0.3 is 0 Å². The van der Waals surface area contributed by atoms with Gasteiger partial charge in [-0.05, 0) is 26.3 Å². The summed E-state index contributed by atoms with van der Waals surface area (Å²) in [6.07, 6.45) is 3.18. The Hall–Kier alpha value is -0.450. The van der Waals surface area contributed by atoms with Crippen molar-refractivity contribution in [1.82, 2.24) is 10.3 Å². The van der Waals surface area contributed by atoms with Crippen LogP contribution in [0.2, 0.25) is 0 Å². The fourth-order valence-electron chi connectivity index (χ4n) is 2.18. The minimum Gasteiger partial charge on any atom is -0.396 e. The van der Waals surface area contributed by atoms with Gasteiger partial charge in [0.25, 0.3) is 0 Å². The summed E-state index contributed by atoms with van der Waals surface area (Å²) in [7, 11) is 0. The van der Waals surface area contributed by atoms with Crippen LogP contribution in [0.15, 0.2) is 5.38 Å². The first kappa shape index (κ1) is 11.0. The van der Waals surface area contributed by atoms with Gasteiger partial charge in [-0.1, -0.05) is 0 Å². The van der Waals surface area contributed by atoms with E-state index in [9.17, 15) is 5.11 Å². The summed E-state index contributed by atoms with van der Waals surface area (Å²) in [5, 5.41) is 16.2. The fourth-order valence-corrected chi connectivity index (χ4v) is 3.12. The second kappa shape index (κ2) is 4.60. The van der Waals surface area contributed by atoms with Crippen molar-refractivity contribution in [2.75, 3.05) is 19.7 Å². The number of aromatic nitrogens is 1. The molecule has 2 heterocycles. The molecule has 3 nitrogen and oxygen atoms in total. The Morgan fingerprint density at radius 2 is 2.53 bits per heavy atom. The number of aliphatic hydroxyl groups is 1. The quantitative estimate of drug-likeness (QED) is 0.818. The summed E-state index contributed by atoms with van der Waals surface area (Å²) < 4.78 is 0. The van der Waals surface area contributed by atoms with E-state index in [1.54, 1.807) is 11.3 Å². The molecule has 1 saturated heterocycles. The Balaban J connectivity index is 2.06. The highest BCUT2D eigenvalue weighted by atomic mass is 32.1. The van der Waals surface area contributed by atoms with Crippen LogP contribution in [0.25, 0.3) is 0 Å². The van der Waals surface area contributed by atoms with Crippen LogP contribution >= 0.6 is 11.3 Å². The van der Waals surface area contributed by atoms with Crippen molar-refractivity contribution in [3.63, 3.8) is 0 Å². The molecule has 84 valence electrons. The van der Waals surface area contributed by atoms with Crippen molar-refractivity contribution in [3.05, 3.63) is 16.1 Å². The first-order valence-electron chi connectivity index (χ1n) is 5.47. The molecule has 2 N–H and O–H groups in total. The van der Waals surface area contributed by atoms with Crippen LogP contribution in [0.4, 0.5) is 0 Å². The van der Waals surface area contributed by atoms with E-state index in [4.69, 9.17) is 0 Å². The minimum absolute atomic E-state index is 0.0303. The molecule has 1 atom stereocenters. The van der Waals surface area contributed by atoms with Crippen LogP contribution in [0, 0.1) is 12.3 Å². The van der Waals surface area contributed by atoms with Crippen LogP contribution in [-0.4, -0.2) is 29.8 Å². The van der Waals surface area contributed by atoms with Gasteiger partial charge in [0.1, 0.15) is 0 Å². The van der Waals surface area contributed by atoms with Gasteiger partial charge in [-0.2, -0.15) is 0 Å². The Morgan fingerprint density at radius 3 is 3.07 bits per heavy atom. The lowest BCUT2D eigenvalue weighted by molar-refractivity contribution is 0.0947. The van der Waals surface area contributed by atoms with Gasteiger partial charge in [-0.15, -0.1) is 11.3 Å². The number of aryl methyl sites for hydroxylation is 1. The standard InChI is InChI=1S/C11H18N2OS/c1-9-6-15-10(13-9)5-11(8-14)3-2-4-12-7-11/h6,12,14H,2-5,7-8H2,1H3. The highest BCUT2D eigenvalue weighted by Crippen LogP contribution is 2.31. The average Bonchev–Trinajstić information content (AvgIpc) is 2.65. The van der Waals surface area contributed by atoms with E-state index >= 15 is 0 Å². The predicted molar refractivity (Wildman–Crippen MR) is 62.2 cm³/mol. The Labute approximate surface area is 94.5 Å². The molecule has 1 aliphatic heterocycles. The average molecular weight is 226 g/mol. The summed E-state index contributed by atoms with van der Waals surface area (Å²) in [4.78, 5) is 4.48. The lowest BCUT2D eigenvalue weighted by atomic mass is 9.79. The highest BCUT2D eigenvalue weighted by molar-refractivity contribution is 7.09. The Kier molecular flexibility index (Phi) is 3.38. The van der Waals surface area contributed by atoms with Crippen LogP contribution in [-0.2, 0) is 6.42 Å². The van der Waals surface area contributed by atoms with Gasteiger partial charge in [0.15, 0.2) is 0 Å². The number of hydrogen-bond donors (Lipinski definition) is 2. The molecule has 0 saturated carbocycles. The van der Waals surface area contributed by atoms with Gasteiger partial charge in [0, 0.05) is 29.5 Å². The SMILES string of the molecule is Cc1csc(CC2(CO)CCCNC2)n1. The number of thiazole rings is 1. The molecular weight excluding hydrogens is 208 g/mol. The van der Waals surface area contributed by atoms with Crippen LogP contribution in [0.1, 0.15) is 23.5 Å². The molecule has 1 fully saturated rings. The van der Waals surface area contributed by atoms with Gasteiger partial charge < -0.3 is 10.4 Å². The molecule has 1 aromatic rings. The maximum atomic E-state index is 9.55. The molecule has 0 amide bonds. The van der Waals surface area contributed by atoms with Crippen molar-refractivity contribution in [2.45, 2.75) is 26.2 Å². The second-order valence-electron chi connectivity index (χ2n) is 4.50. The fraction of sp³-hybridized carbons (Fsp3) is 0.727. The summed E-state index contributed by atoms with van der Waals surface area (Å²) in [5.74, 6) is 0. The topological polar surface area (TPSA) is 45.1 Å². The zero-order valence-corrected chi connectivity index (χ0v) is 9.94. The second-order valence-corrected chi connectivity index (χ2v) is 5.44. The lowest BCUT2D eigenvalue weighted by Gasteiger charge is -2.35. The van der Waals surface area contributed by atoms with Gasteiger partial charge in [-0.25, -0.2) is 4.98 Å². The zero-order valence-electron chi connectivity index (χ0n) is 9.12. The molecule has 1 unspecified atom stereocenters. The van der Waals surface area contributed by atoms with Gasteiger partial charge in [0.05, 0.1) is 11.6 Å². The third-order valence-electron chi connectivity index (χ3n) is 3.09. The molecule has 0 bridgehead atoms. The largest absolute Gasteiger partial charge is 0.396 e. The summed E-state index contributed by atoms with van der Waals surface area (Å²) >= 11 is 1.71. The molecular formula is C11H18N2OS. The monoisotopic (exact) mass is 226 g/mol. The molecule has 0 aliphatic carbocycles. The molecule has 1 aromatic heterocycles. The molecule has 4 heteroatoms. The van der Waals surface area contributed by atoms with Crippen molar-refractivity contribution in [2.24, 2.45) is 5.41 Å². The number of nitrogens with zero attached hydrogens (tertiary/aromatic N) is 1. The number of piperidine rings is 1. The minimum atomic E-state index is 0.0303. The van der Waals surface area contributed by atoms with Crippen LogP contribution < -0.4 is 5.32 Å². The van der Waals surface area contributed by atoms with Crippen LogP contribution in [0.5, 0.6) is 0 Å². The third-order valence-corrected chi connectivity index (χ3v) is 4.06. The highest BCUT2D eigenvalue weighted by Gasteiger charge is 2.32. The molecule has 0 radical (unpaired) electrons. The predicted octanol–water partition coefficient (Wildman–Crippen LogP) is 1.36. The van der Waals surface area contributed by atoms with E-state index in [-0.39, 0.29) is 12.0 Å². The first-order chi connectivity index (χ1) is 7.24. The number of aliphatic hydroxyl groups excluding tert-OH is 1. The Bertz CT molecular complexity index is 318. The first-order valence-corrected chi connectivity index (χ1v) is 6.35. The van der Waals surface area contributed by atoms with Crippen molar-refractivity contribution in [3.8, 4) is 0 Å². The van der Waals surface area contributed by atoms with Crippen molar-refractivity contribution >= 4 is 11.3 Å². The molecule has 0 aromatic carbocycles. The molecule has 0 spiro atoms. The van der Waals surface area contributed by atoms with Crippen molar-refractivity contribution in [1.29, 1.82) is 0 Å². The normalized spacial score (nSPS) is 26.8. The number of nitrogens with one attached hydrogen (secondary N) is 1. The summed E-state index contributed by atoms with van der Waals surface area (Å²) in [6, 6.07) is 0. The van der Waals surface area contributed by atoms with Crippen molar-refractivity contribution < 1.29 is 5.11 Å². The van der Waals surface area contributed by atoms with E-state index in [1.807, 2.05) is 6.92 Å². The van der Waals surface area contributed by atoms with E-state index < -0.39 is 0 Å². The van der Waals surface area contributed by atoms with Gasteiger partial charge in [-0.3, -0.25) is 0 Å². The molecule has 2 rings (SSSR count). The molecule has 15 heavy (non-hydrogen) atoms. The summed E-state index contributed by atoms with van der Waals surface area (Å²) in [5.41, 5.74) is 1.12. The zero-order chi connectivity index (χ0) is 10.7. The summed E-state index contributed by atoms with van der Waals surface area (Å²) in [6.45, 7) is 4.28. The Morgan fingerprint density at radius 1 is 1.67 bits per heavy atom. The lowest BCUT2D eigenvalue weighted by Crippen LogP contribution is -2.44. The van der Waals surface area contributed by atoms with Gasteiger partial charge in [0.2, 0.25) is 0 Å². The van der Waals surface area contributed by atoms with E-state index in [0.29, 0.717) is 0 Å². The maximum Gasteiger partial charge on any atom is 0.0935 e. The van der Waals surface area contributed by atoms with E-state index in [1.165, 1.54) is 0 Å². The smallest absolute Gasteiger partial charge is 0.0935 e. The molecule has 1 aliphatic rings. The van der Waals surface area contributed by atoms with E-state index in [2.05, 4.69) is 15.7 Å².